The summed E-state index contributed by atoms with van der Waals surface area (Å²) < 4.78 is 0. The molecule has 1 saturated carbocycles. The van der Waals surface area contributed by atoms with Crippen molar-refractivity contribution in [2.45, 2.75) is 12.8 Å². The van der Waals surface area contributed by atoms with Gasteiger partial charge in [0.2, 0.25) is 5.95 Å². The highest BCUT2D eigenvalue weighted by atomic mass is 15.3. The zero-order chi connectivity index (χ0) is 10.7. The molecule has 2 rings (SSSR count). The third kappa shape index (κ3) is 2.59. The van der Waals surface area contributed by atoms with Gasteiger partial charge in [0.15, 0.2) is 0 Å². The molecule has 1 fully saturated rings. The van der Waals surface area contributed by atoms with Gasteiger partial charge in [-0.05, 0) is 24.8 Å². The lowest BCUT2D eigenvalue weighted by Gasteiger charge is -2.19. The number of nitrogen functional groups attached to an aromatic ring is 1. The summed E-state index contributed by atoms with van der Waals surface area (Å²) in [7, 11) is 0. The predicted octanol–water partition coefficient (Wildman–Crippen LogP) is 0.908. The van der Waals surface area contributed by atoms with Gasteiger partial charge < -0.3 is 10.6 Å². The Morgan fingerprint density at radius 2 is 2.40 bits per heavy atom. The molecule has 0 radical (unpaired) electrons. The van der Waals surface area contributed by atoms with Crippen LogP contribution in [-0.2, 0) is 0 Å². The molecule has 4 heteroatoms. The summed E-state index contributed by atoms with van der Waals surface area (Å²) in [6.45, 7) is 1.48. The van der Waals surface area contributed by atoms with Gasteiger partial charge in [-0.2, -0.15) is 4.98 Å². The van der Waals surface area contributed by atoms with Crippen LogP contribution in [0.15, 0.2) is 12.3 Å². The third-order valence-electron chi connectivity index (χ3n) is 2.40. The first kappa shape index (κ1) is 9.78. The molecule has 1 heterocycles. The molecule has 1 aliphatic carbocycles. The topological polar surface area (TPSA) is 55.0 Å². The maximum Gasteiger partial charge on any atom is 0.228 e. The number of hydrogen-bond donors (Lipinski definition) is 1. The van der Waals surface area contributed by atoms with Crippen LogP contribution in [0, 0.1) is 18.3 Å². The summed E-state index contributed by atoms with van der Waals surface area (Å²) in [4.78, 5) is 10.4. The van der Waals surface area contributed by atoms with E-state index in [-0.39, 0.29) is 0 Å². The van der Waals surface area contributed by atoms with Gasteiger partial charge in [0, 0.05) is 12.7 Å². The second kappa shape index (κ2) is 4.18. The number of rotatable bonds is 4. The summed E-state index contributed by atoms with van der Waals surface area (Å²) in [6, 6.07) is 1.68. The van der Waals surface area contributed by atoms with Gasteiger partial charge in [-0.25, -0.2) is 4.98 Å². The number of aromatic nitrogens is 2. The van der Waals surface area contributed by atoms with E-state index in [1.54, 1.807) is 12.3 Å². The van der Waals surface area contributed by atoms with E-state index in [9.17, 15) is 0 Å². The molecule has 15 heavy (non-hydrogen) atoms. The monoisotopic (exact) mass is 202 g/mol. The average Bonchev–Trinajstić information content (AvgIpc) is 3.01. The van der Waals surface area contributed by atoms with Crippen molar-refractivity contribution in [1.82, 2.24) is 9.97 Å². The van der Waals surface area contributed by atoms with Crippen molar-refractivity contribution in [1.29, 1.82) is 0 Å². The second-order valence-corrected chi connectivity index (χ2v) is 3.81. The molecule has 0 saturated heterocycles. The molecule has 4 nitrogen and oxygen atoms in total. The fourth-order valence-electron chi connectivity index (χ4n) is 1.45. The second-order valence-electron chi connectivity index (χ2n) is 3.81. The van der Waals surface area contributed by atoms with Crippen molar-refractivity contribution in [2.75, 3.05) is 23.7 Å². The van der Waals surface area contributed by atoms with Crippen LogP contribution in [0.5, 0.6) is 0 Å². The SMILES string of the molecule is C#CCN(CC1CC1)c1nccc(N)n1. The molecule has 0 atom stereocenters. The highest BCUT2D eigenvalue weighted by Gasteiger charge is 2.25. The van der Waals surface area contributed by atoms with Crippen LogP contribution < -0.4 is 10.6 Å². The molecule has 0 spiro atoms. The molecule has 0 amide bonds. The highest BCUT2D eigenvalue weighted by molar-refractivity contribution is 5.39. The van der Waals surface area contributed by atoms with E-state index >= 15 is 0 Å². The molecule has 0 aromatic carbocycles. The molecule has 2 N–H and O–H groups in total. The minimum atomic E-state index is 0.484. The van der Waals surface area contributed by atoms with Crippen LogP contribution in [0.1, 0.15) is 12.8 Å². The van der Waals surface area contributed by atoms with Crippen molar-refractivity contribution >= 4 is 11.8 Å². The Kier molecular flexibility index (Phi) is 2.72. The van der Waals surface area contributed by atoms with Crippen molar-refractivity contribution in [3.63, 3.8) is 0 Å². The zero-order valence-corrected chi connectivity index (χ0v) is 8.56. The fraction of sp³-hybridized carbons (Fsp3) is 0.455. The Balaban J connectivity index is 2.11. The van der Waals surface area contributed by atoms with Gasteiger partial charge in [0.1, 0.15) is 5.82 Å². The van der Waals surface area contributed by atoms with Crippen molar-refractivity contribution in [3.05, 3.63) is 12.3 Å². The normalized spacial score (nSPS) is 14.6. The van der Waals surface area contributed by atoms with Crippen LogP contribution in [0.25, 0.3) is 0 Å². The molecule has 1 aromatic heterocycles. The Morgan fingerprint density at radius 3 is 3.00 bits per heavy atom. The predicted molar refractivity (Wildman–Crippen MR) is 60.2 cm³/mol. The first-order valence-electron chi connectivity index (χ1n) is 5.06. The molecule has 0 unspecified atom stereocenters. The number of hydrogen-bond acceptors (Lipinski definition) is 4. The van der Waals surface area contributed by atoms with Crippen LogP contribution in [-0.4, -0.2) is 23.1 Å². The summed E-state index contributed by atoms with van der Waals surface area (Å²) in [5, 5.41) is 0. The van der Waals surface area contributed by atoms with E-state index in [0.717, 1.165) is 12.5 Å². The van der Waals surface area contributed by atoms with Crippen molar-refractivity contribution in [2.24, 2.45) is 5.92 Å². The standard InChI is InChI=1S/C11H14N4/c1-2-7-15(8-9-3-4-9)11-13-6-5-10(12)14-11/h1,5-6,9H,3-4,7-8H2,(H2,12,13,14). The first-order valence-corrected chi connectivity index (χ1v) is 5.06. The van der Waals surface area contributed by atoms with E-state index in [1.165, 1.54) is 12.8 Å². The van der Waals surface area contributed by atoms with Crippen LogP contribution in [0.3, 0.4) is 0 Å². The third-order valence-corrected chi connectivity index (χ3v) is 2.40. The molecule has 78 valence electrons. The van der Waals surface area contributed by atoms with E-state index in [0.29, 0.717) is 18.3 Å². The fourth-order valence-corrected chi connectivity index (χ4v) is 1.45. The summed E-state index contributed by atoms with van der Waals surface area (Å²) in [5.41, 5.74) is 5.61. The minimum absolute atomic E-state index is 0.484. The van der Waals surface area contributed by atoms with Crippen LogP contribution in [0.4, 0.5) is 11.8 Å². The van der Waals surface area contributed by atoms with Gasteiger partial charge in [0.05, 0.1) is 6.54 Å². The molecular weight excluding hydrogens is 188 g/mol. The molecule has 0 aliphatic heterocycles. The molecule has 0 bridgehead atoms. The van der Waals surface area contributed by atoms with E-state index in [1.807, 2.05) is 4.90 Å². The summed E-state index contributed by atoms with van der Waals surface area (Å²) >= 11 is 0. The van der Waals surface area contributed by atoms with Crippen molar-refractivity contribution in [3.8, 4) is 12.3 Å². The average molecular weight is 202 g/mol. The van der Waals surface area contributed by atoms with E-state index in [2.05, 4.69) is 15.9 Å². The zero-order valence-electron chi connectivity index (χ0n) is 8.56. The van der Waals surface area contributed by atoms with E-state index < -0.39 is 0 Å². The Hall–Kier alpha value is -1.76. The lowest BCUT2D eigenvalue weighted by molar-refractivity contribution is 0.743. The maximum absolute atomic E-state index is 5.61. The number of anilines is 2. The van der Waals surface area contributed by atoms with Gasteiger partial charge in [-0.15, -0.1) is 6.42 Å². The van der Waals surface area contributed by atoms with Gasteiger partial charge in [-0.3, -0.25) is 0 Å². The Morgan fingerprint density at radius 1 is 1.60 bits per heavy atom. The molecular formula is C11H14N4. The summed E-state index contributed by atoms with van der Waals surface area (Å²) in [6.07, 6.45) is 9.55. The largest absolute Gasteiger partial charge is 0.384 e. The quantitative estimate of drug-likeness (QED) is 0.737. The maximum atomic E-state index is 5.61. The van der Waals surface area contributed by atoms with Gasteiger partial charge >= 0.3 is 0 Å². The lowest BCUT2D eigenvalue weighted by Crippen LogP contribution is -2.28. The Labute approximate surface area is 89.5 Å². The van der Waals surface area contributed by atoms with Gasteiger partial charge in [0.25, 0.3) is 0 Å². The molecule has 1 aromatic rings. The van der Waals surface area contributed by atoms with Crippen molar-refractivity contribution < 1.29 is 0 Å². The minimum Gasteiger partial charge on any atom is -0.384 e. The summed E-state index contributed by atoms with van der Waals surface area (Å²) in [5.74, 6) is 4.50. The van der Waals surface area contributed by atoms with Gasteiger partial charge in [-0.1, -0.05) is 5.92 Å². The number of nitrogens with two attached hydrogens (primary N) is 1. The smallest absolute Gasteiger partial charge is 0.228 e. The van der Waals surface area contributed by atoms with Crippen LogP contribution in [0.2, 0.25) is 0 Å². The number of terminal acetylenes is 1. The molecule has 1 aliphatic rings. The van der Waals surface area contributed by atoms with E-state index in [4.69, 9.17) is 12.2 Å². The highest BCUT2D eigenvalue weighted by Crippen LogP contribution is 2.30. The Bertz CT molecular complexity index is 378. The number of nitrogens with zero attached hydrogens (tertiary/aromatic N) is 3. The lowest BCUT2D eigenvalue weighted by atomic mass is 10.4. The van der Waals surface area contributed by atoms with Crippen LogP contribution >= 0.6 is 0 Å². The first-order chi connectivity index (χ1) is 7.29.